The SMILES string of the molecule is Cc1ccc(C)c(C(=O)O[C@H](C)C(=O)c2ccc(C(C)(C)C)cc2)c1. The van der Waals surface area contributed by atoms with Gasteiger partial charge in [0, 0.05) is 5.56 Å². The maximum Gasteiger partial charge on any atom is 0.339 e. The van der Waals surface area contributed by atoms with Gasteiger partial charge >= 0.3 is 5.97 Å². The maximum atomic E-state index is 12.5. The Morgan fingerprint density at radius 1 is 0.960 bits per heavy atom. The number of hydrogen-bond acceptors (Lipinski definition) is 3. The Kier molecular flexibility index (Phi) is 5.46. The molecule has 0 fully saturated rings. The second kappa shape index (κ2) is 7.22. The van der Waals surface area contributed by atoms with E-state index in [0.717, 1.165) is 16.7 Å². The number of ketones is 1. The average molecular weight is 338 g/mol. The summed E-state index contributed by atoms with van der Waals surface area (Å²) in [5, 5.41) is 0. The summed E-state index contributed by atoms with van der Waals surface area (Å²) in [6.45, 7) is 11.8. The van der Waals surface area contributed by atoms with E-state index in [4.69, 9.17) is 4.74 Å². The standard InChI is InChI=1S/C22H26O3/c1-14-7-8-15(2)19(13-14)21(24)25-16(3)20(23)17-9-11-18(12-10-17)22(4,5)6/h7-13,16H,1-6H3/t16-/m1/s1. The minimum Gasteiger partial charge on any atom is -0.451 e. The Bertz CT molecular complexity index is 780. The fraction of sp³-hybridized carbons (Fsp3) is 0.364. The number of hydrogen-bond donors (Lipinski definition) is 0. The minimum absolute atomic E-state index is 0.0301. The van der Waals surface area contributed by atoms with Crippen molar-refractivity contribution in [2.45, 2.75) is 53.1 Å². The van der Waals surface area contributed by atoms with E-state index in [-0.39, 0.29) is 11.2 Å². The van der Waals surface area contributed by atoms with E-state index in [1.807, 2.05) is 38.1 Å². The van der Waals surface area contributed by atoms with Crippen molar-refractivity contribution in [1.82, 2.24) is 0 Å². The first-order valence-corrected chi connectivity index (χ1v) is 8.52. The second-order valence-electron chi connectivity index (χ2n) is 7.56. The van der Waals surface area contributed by atoms with E-state index in [2.05, 4.69) is 20.8 Å². The van der Waals surface area contributed by atoms with E-state index in [9.17, 15) is 9.59 Å². The molecule has 3 heteroatoms. The van der Waals surface area contributed by atoms with Crippen LogP contribution in [0.4, 0.5) is 0 Å². The van der Waals surface area contributed by atoms with Crippen LogP contribution in [-0.2, 0) is 10.2 Å². The van der Waals surface area contributed by atoms with Gasteiger partial charge in [-0.1, -0.05) is 62.7 Å². The summed E-state index contributed by atoms with van der Waals surface area (Å²) >= 11 is 0. The van der Waals surface area contributed by atoms with E-state index in [0.29, 0.717) is 11.1 Å². The first-order chi connectivity index (χ1) is 11.6. The predicted molar refractivity (Wildman–Crippen MR) is 100 cm³/mol. The van der Waals surface area contributed by atoms with Gasteiger partial charge in [-0.2, -0.15) is 0 Å². The molecule has 2 aromatic rings. The molecule has 0 N–H and O–H groups in total. The number of Topliss-reactive ketones (excluding diaryl/α,β-unsaturated/α-hetero) is 1. The molecule has 2 aromatic carbocycles. The molecule has 3 nitrogen and oxygen atoms in total. The van der Waals surface area contributed by atoms with Crippen LogP contribution < -0.4 is 0 Å². The molecule has 0 aliphatic rings. The summed E-state index contributed by atoms with van der Waals surface area (Å²) in [7, 11) is 0. The lowest BCUT2D eigenvalue weighted by Crippen LogP contribution is -2.25. The molecule has 0 aliphatic carbocycles. The molecule has 0 heterocycles. The molecule has 0 bridgehead atoms. The van der Waals surface area contributed by atoms with Gasteiger partial charge in [0.25, 0.3) is 0 Å². The molecule has 0 saturated heterocycles. The van der Waals surface area contributed by atoms with Crippen LogP contribution in [0.2, 0.25) is 0 Å². The third kappa shape index (κ3) is 4.56. The lowest BCUT2D eigenvalue weighted by atomic mass is 9.86. The van der Waals surface area contributed by atoms with Crippen molar-refractivity contribution in [2.24, 2.45) is 0 Å². The van der Waals surface area contributed by atoms with Crippen molar-refractivity contribution >= 4 is 11.8 Å². The zero-order valence-electron chi connectivity index (χ0n) is 15.8. The second-order valence-corrected chi connectivity index (χ2v) is 7.56. The fourth-order valence-corrected chi connectivity index (χ4v) is 2.60. The normalized spacial score (nSPS) is 12.6. The van der Waals surface area contributed by atoms with Gasteiger partial charge in [-0.25, -0.2) is 4.79 Å². The van der Waals surface area contributed by atoms with Crippen LogP contribution in [0.15, 0.2) is 42.5 Å². The molecule has 0 aromatic heterocycles. The highest BCUT2D eigenvalue weighted by atomic mass is 16.5. The van der Waals surface area contributed by atoms with Crippen LogP contribution >= 0.6 is 0 Å². The van der Waals surface area contributed by atoms with Gasteiger partial charge in [-0.15, -0.1) is 0 Å². The van der Waals surface area contributed by atoms with Gasteiger partial charge in [-0.3, -0.25) is 4.79 Å². The monoisotopic (exact) mass is 338 g/mol. The number of benzene rings is 2. The quantitative estimate of drug-likeness (QED) is 0.580. The number of carbonyl (C=O) groups excluding carboxylic acids is 2. The molecule has 1 atom stereocenters. The highest BCUT2D eigenvalue weighted by Crippen LogP contribution is 2.23. The summed E-state index contributed by atoms with van der Waals surface area (Å²) in [6, 6.07) is 13.1. The first-order valence-electron chi connectivity index (χ1n) is 8.52. The number of carbonyl (C=O) groups is 2. The van der Waals surface area contributed by atoms with Crippen LogP contribution in [0.25, 0.3) is 0 Å². The van der Waals surface area contributed by atoms with Crippen LogP contribution in [0.3, 0.4) is 0 Å². The molecular formula is C22H26O3. The van der Waals surface area contributed by atoms with E-state index >= 15 is 0 Å². The fourth-order valence-electron chi connectivity index (χ4n) is 2.60. The zero-order chi connectivity index (χ0) is 18.8. The summed E-state index contributed by atoms with van der Waals surface area (Å²) in [4.78, 5) is 24.9. The largest absolute Gasteiger partial charge is 0.451 e. The molecule has 0 saturated carbocycles. The Morgan fingerprint density at radius 3 is 2.12 bits per heavy atom. The van der Waals surface area contributed by atoms with Crippen molar-refractivity contribution in [1.29, 1.82) is 0 Å². The van der Waals surface area contributed by atoms with Crippen LogP contribution in [0, 0.1) is 13.8 Å². The molecule has 0 unspecified atom stereocenters. The molecule has 25 heavy (non-hydrogen) atoms. The Balaban J connectivity index is 2.12. The molecule has 0 aliphatic heterocycles. The molecule has 0 spiro atoms. The number of rotatable bonds is 4. The van der Waals surface area contributed by atoms with Gasteiger partial charge in [0.1, 0.15) is 0 Å². The van der Waals surface area contributed by atoms with Gasteiger partial charge in [-0.05, 0) is 43.4 Å². The first kappa shape index (κ1) is 18.9. The molecule has 132 valence electrons. The van der Waals surface area contributed by atoms with Crippen LogP contribution in [0.5, 0.6) is 0 Å². The Morgan fingerprint density at radius 2 is 1.56 bits per heavy atom. The van der Waals surface area contributed by atoms with Gasteiger partial charge in [0.2, 0.25) is 5.78 Å². The van der Waals surface area contributed by atoms with Gasteiger partial charge in [0.15, 0.2) is 6.10 Å². The van der Waals surface area contributed by atoms with Crippen molar-refractivity contribution < 1.29 is 14.3 Å². The molecule has 2 rings (SSSR count). The third-order valence-corrected chi connectivity index (χ3v) is 4.30. The lowest BCUT2D eigenvalue weighted by Gasteiger charge is -2.19. The number of aryl methyl sites for hydroxylation is 2. The topological polar surface area (TPSA) is 43.4 Å². The number of esters is 1. The van der Waals surface area contributed by atoms with Gasteiger partial charge < -0.3 is 4.74 Å². The van der Waals surface area contributed by atoms with Crippen molar-refractivity contribution in [3.8, 4) is 0 Å². The number of ether oxygens (including phenoxy) is 1. The molecule has 0 radical (unpaired) electrons. The zero-order valence-corrected chi connectivity index (χ0v) is 15.8. The van der Waals surface area contributed by atoms with Crippen molar-refractivity contribution in [3.05, 3.63) is 70.3 Å². The average Bonchev–Trinajstić information content (AvgIpc) is 2.55. The smallest absolute Gasteiger partial charge is 0.339 e. The van der Waals surface area contributed by atoms with Crippen LogP contribution in [0.1, 0.15) is 65.1 Å². The Hall–Kier alpha value is -2.42. The molecular weight excluding hydrogens is 312 g/mol. The van der Waals surface area contributed by atoms with Crippen molar-refractivity contribution in [2.75, 3.05) is 0 Å². The predicted octanol–water partition coefficient (Wildman–Crippen LogP) is 5.03. The molecule has 0 amide bonds. The van der Waals surface area contributed by atoms with E-state index < -0.39 is 12.1 Å². The Labute approximate surface area is 150 Å². The lowest BCUT2D eigenvalue weighted by molar-refractivity contribution is 0.0318. The summed E-state index contributed by atoms with van der Waals surface area (Å²) in [6.07, 6.45) is -0.826. The van der Waals surface area contributed by atoms with Gasteiger partial charge in [0.05, 0.1) is 5.56 Å². The maximum absolute atomic E-state index is 12.5. The van der Waals surface area contributed by atoms with E-state index in [1.165, 1.54) is 0 Å². The van der Waals surface area contributed by atoms with Crippen LogP contribution in [-0.4, -0.2) is 17.9 Å². The third-order valence-electron chi connectivity index (χ3n) is 4.30. The van der Waals surface area contributed by atoms with E-state index in [1.54, 1.807) is 25.1 Å². The highest BCUT2D eigenvalue weighted by molar-refractivity contribution is 6.01. The van der Waals surface area contributed by atoms with Crippen molar-refractivity contribution in [3.63, 3.8) is 0 Å². The summed E-state index contributed by atoms with van der Waals surface area (Å²) in [5.74, 6) is -0.660. The highest BCUT2D eigenvalue weighted by Gasteiger charge is 2.22. The summed E-state index contributed by atoms with van der Waals surface area (Å²) in [5.41, 5.74) is 4.06. The minimum atomic E-state index is -0.826. The summed E-state index contributed by atoms with van der Waals surface area (Å²) < 4.78 is 5.40.